The topological polar surface area (TPSA) is 76.1 Å². The first kappa shape index (κ1) is 24.4. The van der Waals surface area contributed by atoms with Crippen LogP contribution in [0.25, 0.3) is 5.76 Å². The molecule has 1 aliphatic heterocycles. The van der Waals surface area contributed by atoms with E-state index in [-0.39, 0.29) is 21.9 Å². The van der Waals surface area contributed by atoms with Crippen molar-refractivity contribution in [3.05, 3.63) is 94.0 Å². The highest BCUT2D eigenvalue weighted by atomic mass is 35.5. The quantitative estimate of drug-likeness (QED) is 0.251. The molecular formula is C28H26ClNO5. The number of rotatable bonds is 7. The SMILES string of the molecule is CCOc1ccc(Cl)c(/C(O)=C2\C(=O)C(=O)N(c3ccc(CC)cc3)C2c2cccc(OC)c2)c1. The Morgan fingerprint density at radius 1 is 1.00 bits per heavy atom. The van der Waals surface area contributed by atoms with Crippen LogP contribution >= 0.6 is 11.6 Å². The lowest BCUT2D eigenvalue weighted by Crippen LogP contribution is -2.29. The van der Waals surface area contributed by atoms with Gasteiger partial charge in [-0.25, -0.2) is 0 Å². The van der Waals surface area contributed by atoms with Gasteiger partial charge in [-0.15, -0.1) is 0 Å². The Morgan fingerprint density at radius 2 is 1.74 bits per heavy atom. The van der Waals surface area contributed by atoms with Crippen molar-refractivity contribution in [1.82, 2.24) is 0 Å². The van der Waals surface area contributed by atoms with Gasteiger partial charge in [-0.2, -0.15) is 0 Å². The van der Waals surface area contributed by atoms with Gasteiger partial charge in [0.2, 0.25) is 0 Å². The molecule has 0 radical (unpaired) electrons. The van der Waals surface area contributed by atoms with E-state index in [1.807, 2.05) is 26.0 Å². The van der Waals surface area contributed by atoms with Crippen LogP contribution in [0.2, 0.25) is 5.02 Å². The number of aliphatic hydroxyl groups is 1. The van der Waals surface area contributed by atoms with Gasteiger partial charge in [0.1, 0.15) is 17.3 Å². The molecular weight excluding hydrogens is 466 g/mol. The Kier molecular flexibility index (Phi) is 7.12. The number of hydrogen-bond donors (Lipinski definition) is 1. The molecule has 7 heteroatoms. The molecule has 0 saturated carbocycles. The van der Waals surface area contributed by atoms with Gasteiger partial charge in [0.15, 0.2) is 0 Å². The number of anilines is 1. The third-order valence-electron chi connectivity index (χ3n) is 5.98. The maximum Gasteiger partial charge on any atom is 0.300 e. The van der Waals surface area contributed by atoms with Crippen molar-refractivity contribution in [3.63, 3.8) is 0 Å². The lowest BCUT2D eigenvalue weighted by atomic mass is 9.94. The summed E-state index contributed by atoms with van der Waals surface area (Å²) in [6.45, 7) is 4.30. The van der Waals surface area contributed by atoms with Crippen LogP contribution in [0.3, 0.4) is 0 Å². The van der Waals surface area contributed by atoms with Crippen LogP contribution in [0, 0.1) is 0 Å². The average molecular weight is 492 g/mol. The molecule has 0 aromatic heterocycles. The lowest BCUT2D eigenvalue weighted by molar-refractivity contribution is -0.132. The maximum atomic E-state index is 13.4. The van der Waals surface area contributed by atoms with Crippen molar-refractivity contribution in [2.45, 2.75) is 26.3 Å². The highest BCUT2D eigenvalue weighted by Gasteiger charge is 2.47. The summed E-state index contributed by atoms with van der Waals surface area (Å²) in [5.74, 6) is -0.851. The summed E-state index contributed by atoms with van der Waals surface area (Å²) >= 11 is 6.40. The zero-order valence-corrected chi connectivity index (χ0v) is 20.5. The second kappa shape index (κ2) is 10.2. The molecule has 1 amide bonds. The Hall–Kier alpha value is -3.77. The molecule has 35 heavy (non-hydrogen) atoms. The summed E-state index contributed by atoms with van der Waals surface area (Å²) in [6.07, 6.45) is 0.840. The predicted octanol–water partition coefficient (Wildman–Crippen LogP) is 5.94. The third kappa shape index (κ3) is 4.62. The number of hydrogen-bond acceptors (Lipinski definition) is 5. The van der Waals surface area contributed by atoms with Crippen LogP contribution in [0.1, 0.15) is 36.6 Å². The molecule has 180 valence electrons. The van der Waals surface area contributed by atoms with E-state index in [0.29, 0.717) is 29.4 Å². The van der Waals surface area contributed by atoms with Crippen LogP contribution in [-0.4, -0.2) is 30.5 Å². The van der Waals surface area contributed by atoms with Crippen LogP contribution in [0.15, 0.2) is 72.3 Å². The average Bonchev–Trinajstić information content (AvgIpc) is 3.15. The van der Waals surface area contributed by atoms with Gasteiger partial charge >= 0.3 is 0 Å². The third-order valence-corrected chi connectivity index (χ3v) is 6.31. The molecule has 4 rings (SSSR count). The summed E-state index contributed by atoms with van der Waals surface area (Å²) in [5, 5.41) is 11.6. The minimum atomic E-state index is -0.885. The van der Waals surface area contributed by atoms with Crippen molar-refractivity contribution in [3.8, 4) is 11.5 Å². The van der Waals surface area contributed by atoms with Crippen molar-refractivity contribution < 1.29 is 24.2 Å². The Labute approximate surface area is 209 Å². The van der Waals surface area contributed by atoms with Crippen molar-refractivity contribution in [2.24, 2.45) is 0 Å². The number of benzene rings is 3. The number of methoxy groups -OCH3 is 1. The molecule has 1 saturated heterocycles. The van der Waals surface area contributed by atoms with Crippen LogP contribution < -0.4 is 14.4 Å². The first-order chi connectivity index (χ1) is 16.9. The lowest BCUT2D eigenvalue weighted by Gasteiger charge is -2.26. The molecule has 1 aliphatic rings. The van der Waals surface area contributed by atoms with Crippen LogP contribution in [0.4, 0.5) is 5.69 Å². The fourth-order valence-electron chi connectivity index (χ4n) is 4.21. The van der Waals surface area contributed by atoms with E-state index in [1.54, 1.807) is 61.7 Å². The minimum Gasteiger partial charge on any atom is -0.507 e. The second-order valence-electron chi connectivity index (χ2n) is 8.04. The van der Waals surface area contributed by atoms with Gasteiger partial charge in [0, 0.05) is 11.3 Å². The Balaban J connectivity index is 1.95. The van der Waals surface area contributed by atoms with Gasteiger partial charge < -0.3 is 14.6 Å². The van der Waals surface area contributed by atoms with Crippen molar-refractivity contribution in [1.29, 1.82) is 0 Å². The normalized spacial score (nSPS) is 17.0. The number of amides is 1. The summed E-state index contributed by atoms with van der Waals surface area (Å²) in [4.78, 5) is 28.1. The Bertz CT molecular complexity index is 1300. The summed E-state index contributed by atoms with van der Waals surface area (Å²) in [5.41, 5.74) is 2.41. The largest absolute Gasteiger partial charge is 0.507 e. The monoisotopic (exact) mass is 491 g/mol. The molecule has 1 atom stereocenters. The summed E-state index contributed by atoms with van der Waals surface area (Å²) < 4.78 is 10.9. The number of Topliss-reactive ketones (excluding diaryl/α,β-unsaturated/α-hetero) is 1. The predicted molar refractivity (Wildman–Crippen MR) is 136 cm³/mol. The molecule has 1 N–H and O–H groups in total. The molecule has 0 bridgehead atoms. The standard InChI is InChI=1S/C28H26ClNO5/c1-4-17-9-11-19(12-10-17)30-25(18-7-6-8-20(15-18)34-3)24(27(32)28(30)33)26(31)22-16-21(35-5-2)13-14-23(22)29/h6-16,25,31H,4-5H2,1-3H3/b26-24+. The molecule has 3 aromatic carbocycles. The number of carbonyl (C=O) groups excluding carboxylic acids is 2. The highest BCUT2D eigenvalue weighted by Crippen LogP contribution is 2.44. The number of aliphatic hydroxyl groups excluding tert-OH is 1. The molecule has 0 aliphatic carbocycles. The first-order valence-corrected chi connectivity index (χ1v) is 11.7. The van der Waals surface area contributed by atoms with E-state index >= 15 is 0 Å². The first-order valence-electron chi connectivity index (χ1n) is 11.4. The molecule has 6 nitrogen and oxygen atoms in total. The summed E-state index contributed by atoms with van der Waals surface area (Å²) in [6, 6.07) is 18.5. The van der Waals surface area contributed by atoms with E-state index in [0.717, 1.165) is 12.0 Å². The van der Waals surface area contributed by atoms with Gasteiger partial charge in [-0.1, -0.05) is 42.8 Å². The highest BCUT2D eigenvalue weighted by molar-refractivity contribution is 6.52. The van der Waals surface area contributed by atoms with Gasteiger partial charge in [0.05, 0.1) is 30.4 Å². The number of ketones is 1. The molecule has 1 unspecified atom stereocenters. The van der Waals surface area contributed by atoms with E-state index in [1.165, 1.54) is 4.90 Å². The van der Waals surface area contributed by atoms with Crippen LogP contribution in [0.5, 0.6) is 11.5 Å². The van der Waals surface area contributed by atoms with E-state index in [2.05, 4.69) is 0 Å². The Morgan fingerprint density at radius 3 is 2.40 bits per heavy atom. The maximum absolute atomic E-state index is 13.4. The minimum absolute atomic E-state index is 0.0571. The second-order valence-corrected chi connectivity index (χ2v) is 8.45. The zero-order chi connectivity index (χ0) is 25.1. The number of ether oxygens (including phenoxy) is 2. The van der Waals surface area contributed by atoms with Gasteiger partial charge in [-0.3, -0.25) is 14.5 Å². The van der Waals surface area contributed by atoms with Gasteiger partial charge in [0.25, 0.3) is 11.7 Å². The molecule has 1 heterocycles. The fraction of sp³-hybridized carbons (Fsp3) is 0.214. The number of halogens is 1. The molecule has 1 fully saturated rings. The van der Waals surface area contributed by atoms with E-state index in [4.69, 9.17) is 21.1 Å². The van der Waals surface area contributed by atoms with Crippen molar-refractivity contribution >= 4 is 34.7 Å². The van der Waals surface area contributed by atoms with Crippen LogP contribution in [-0.2, 0) is 16.0 Å². The zero-order valence-electron chi connectivity index (χ0n) is 19.7. The fourth-order valence-corrected chi connectivity index (χ4v) is 4.41. The number of carbonyl (C=O) groups is 2. The van der Waals surface area contributed by atoms with Crippen molar-refractivity contribution in [2.75, 3.05) is 18.6 Å². The summed E-state index contributed by atoms with van der Waals surface area (Å²) in [7, 11) is 1.54. The van der Waals surface area contributed by atoms with Gasteiger partial charge in [-0.05, 0) is 66.9 Å². The smallest absolute Gasteiger partial charge is 0.300 e. The van der Waals surface area contributed by atoms with E-state index in [9.17, 15) is 14.7 Å². The molecule has 3 aromatic rings. The molecule has 0 spiro atoms. The van der Waals surface area contributed by atoms with E-state index < -0.39 is 17.7 Å². The number of nitrogens with zero attached hydrogens (tertiary/aromatic N) is 1. The number of aryl methyl sites for hydroxylation is 1.